The van der Waals surface area contributed by atoms with Crippen LogP contribution in [0.1, 0.15) is 29.2 Å². The smallest absolute Gasteiger partial charge is 0.289 e. The van der Waals surface area contributed by atoms with Gasteiger partial charge in [0.25, 0.3) is 5.91 Å². The quantitative estimate of drug-likeness (QED) is 0.787. The number of carbonyl (C=O) groups excluding carboxylic acids is 2. The molecule has 24 heavy (non-hydrogen) atoms. The number of rotatable bonds is 5. The fraction of sp³-hybridized carbons (Fsp3) is 0.467. The number of carbonyl (C=O) groups is 2. The van der Waals surface area contributed by atoms with Gasteiger partial charge in [-0.2, -0.15) is 0 Å². The molecule has 8 nitrogen and oxygen atoms in total. The van der Waals surface area contributed by atoms with Crippen molar-refractivity contribution in [2.75, 3.05) is 18.8 Å². The van der Waals surface area contributed by atoms with Crippen molar-refractivity contribution < 1.29 is 14.0 Å². The average Bonchev–Trinajstić information content (AvgIpc) is 3.24. The van der Waals surface area contributed by atoms with Crippen LogP contribution in [-0.2, 0) is 4.79 Å². The van der Waals surface area contributed by atoms with Crippen LogP contribution in [0.15, 0.2) is 28.0 Å². The maximum Gasteiger partial charge on any atom is 0.289 e. The van der Waals surface area contributed by atoms with Crippen LogP contribution in [0, 0.1) is 6.92 Å². The summed E-state index contributed by atoms with van der Waals surface area (Å²) in [5.74, 6) is 1.08. The summed E-state index contributed by atoms with van der Waals surface area (Å²) >= 11 is 1.28. The van der Waals surface area contributed by atoms with E-state index < -0.39 is 0 Å². The van der Waals surface area contributed by atoms with Crippen molar-refractivity contribution in [3.63, 3.8) is 0 Å². The maximum absolute atomic E-state index is 12.3. The number of amides is 2. The minimum absolute atomic E-state index is 0.0420. The Morgan fingerprint density at radius 2 is 2.42 bits per heavy atom. The number of nitrogens with one attached hydrogen (secondary N) is 2. The molecule has 1 aliphatic heterocycles. The van der Waals surface area contributed by atoms with Crippen LogP contribution in [-0.4, -0.2) is 56.8 Å². The number of aryl methyl sites for hydroxylation is 1. The average molecular weight is 349 g/mol. The second-order valence-electron chi connectivity index (χ2n) is 5.63. The molecular formula is C15H19N5O3S. The normalized spacial score (nSPS) is 17.7. The molecule has 3 heterocycles. The van der Waals surface area contributed by atoms with Gasteiger partial charge >= 0.3 is 0 Å². The number of nitrogens with zero attached hydrogens (tertiary/aromatic N) is 3. The summed E-state index contributed by atoms with van der Waals surface area (Å²) in [6.07, 6.45) is 3.20. The highest BCUT2D eigenvalue weighted by molar-refractivity contribution is 7.99. The zero-order valence-corrected chi connectivity index (χ0v) is 14.1. The van der Waals surface area contributed by atoms with E-state index in [1.54, 1.807) is 17.0 Å². The number of H-pyrrole nitrogens is 1. The van der Waals surface area contributed by atoms with Gasteiger partial charge in [-0.3, -0.25) is 14.7 Å². The van der Waals surface area contributed by atoms with Gasteiger partial charge in [0.1, 0.15) is 5.82 Å². The van der Waals surface area contributed by atoms with E-state index in [4.69, 9.17) is 4.42 Å². The molecule has 2 amide bonds. The monoisotopic (exact) mass is 349 g/mol. The molecule has 1 atom stereocenters. The van der Waals surface area contributed by atoms with Crippen molar-refractivity contribution in [2.45, 2.75) is 31.0 Å². The molecule has 0 bridgehead atoms. The van der Waals surface area contributed by atoms with Crippen molar-refractivity contribution in [3.05, 3.63) is 30.0 Å². The van der Waals surface area contributed by atoms with Crippen LogP contribution in [0.5, 0.6) is 0 Å². The first-order valence-electron chi connectivity index (χ1n) is 7.76. The lowest BCUT2D eigenvalue weighted by Gasteiger charge is -2.32. The largest absolute Gasteiger partial charge is 0.459 e. The number of hydrogen-bond donors (Lipinski definition) is 2. The predicted octanol–water partition coefficient (Wildman–Crippen LogP) is 1.22. The summed E-state index contributed by atoms with van der Waals surface area (Å²) in [4.78, 5) is 30.2. The van der Waals surface area contributed by atoms with E-state index in [0.29, 0.717) is 24.0 Å². The van der Waals surface area contributed by atoms with Crippen LogP contribution >= 0.6 is 11.8 Å². The molecule has 0 aromatic carbocycles. The molecule has 1 aliphatic rings. The molecule has 1 saturated heterocycles. The first-order chi connectivity index (χ1) is 11.6. The van der Waals surface area contributed by atoms with Crippen LogP contribution in [0.4, 0.5) is 0 Å². The molecule has 1 fully saturated rings. The van der Waals surface area contributed by atoms with Crippen molar-refractivity contribution in [3.8, 4) is 0 Å². The topological polar surface area (TPSA) is 104 Å². The number of aromatic amines is 1. The molecule has 0 aliphatic carbocycles. The summed E-state index contributed by atoms with van der Waals surface area (Å²) in [6.45, 7) is 2.98. The van der Waals surface area contributed by atoms with Crippen LogP contribution in [0.2, 0.25) is 0 Å². The second kappa shape index (κ2) is 7.52. The molecular weight excluding hydrogens is 330 g/mol. The Kier molecular flexibility index (Phi) is 5.19. The third kappa shape index (κ3) is 4.16. The van der Waals surface area contributed by atoms with Gasteiger partial charge in [-0.15, -0.1) is 5.10 Å². The molecule has 2 N–H and O–H groups in total. The van der Waals surface area contributed by atoms with Crippen LogP contribution in [0.3, 0.4) is 0 Å². The number of furan rings is 1. The molecule has 9 heteroatoms. The van der Waals surface area contributed by atoms with E-state index in [2.05, 4.69) is 20.5 Å². The van der Waals surface area contributed by atoms with Gasteiger partial charge in [-0.25, -0.2) is 4.98 Å². The Labute approximate surface area is 143 Å². The van der Waals surface area contributed by atoms with Gasteiger partial charge in [-0.1, -0.05) is 11.8 Å². The minimum atomic E-state index is -0.135. The van der Waals surface area contributed by atoms with Gasteiger partial charge in [0, 0.05) is 19.1 Å². The van der Waals surface area contributed by atoms with Crippen molar-refractivity contribution >= 4 is 23.6 Å². The van der Waals surface area contributed by atoms with Gasteiger partial charge in [0.15, 0.2) is 5.76 Å². The van der Waals surface area contributed by atoms with Gasteiger partial charge in [0.05, 0.1) is 12.0 Å². The number of hydrogen-bond acceptors (Lipinski definition) is 6. The van der Waals surface area contributed by atoms with E-state index in [0.717, 1.165) is 18.7 Å². The van der Waals surface area contributed by atoms with E-state index >= 15 is 0 Å². The zero-order chi connectivity index (χ0) is 16.9. The predicted molar refractivity (Wildman–Crippen MR) is 87.6 cm³/mol. The Morgan fingerprint density at radius 1 is 1.54 bits per heavy atom. The lowest BCUT2D eigenvalue weighted by atomic mass is 10.1. The Hall–Kier alpha value is -2.29. The fourth-order valence-corrected chi connectivity index (χ4v) is 3.28. The van der Waals surface area contributed by atoms with Crippen LogP contribution < -0.4 is 5.32 Å². The molecule has 0 spiro atoms. The lowest BCUT2D eigenvalue weighted by molar-refractivity contribution is -0.119. The third-order valence-corrected chi connectivity index (χ3v) is 4.56. The highest BCUT2D eigenvalue weighted by atomic mass is 32.2. The van der Waals surface area contributed by atoms with E-state index in [1.807, 2.05) is 6.92 Å². The highest BCUT2D eigenvalue weighted by Gasteiger charge is 2.26. The summed E-state index contributed by atoms with van der Waals surface area (Å²) in [5, 5.41) is 10.3. The van der Waals surface area contributed by atoms with E-state index in [1.165, 1.54) is 18.0 Å². The van der Waals surface area contributed by atoms with Gasteiger partial charge < -0.3 is 14.6 Å². The van der Waals surface area contributed by atoms with Crippen LogP contribution in [0.25, 0.3) is 0 Å². The summed E-state index contributed by atoms with van der Waals surface area (Å²) in [5.41, 5.74) is 0. The maximum atomic E-state index is 12.3. The number of piperidine rings is 1. The third-order valence-electron chi connectivity index (χ3n) is 3.71. The summed E-state index contributed by atoms with van der Waals surface area (Å²) < 4.78 is 5.16. The highest BCUT2D eigenvalue weighted by Crippen LogP contribution is 2.15. The number of likely N-dealkylation sites (tertiary alicyclic amines) is 1. The molecule has 2 aromatic heterocycles. The second-order valence-corrected chi connectivity index (χ2v) is 6.57. The Balaban J connectivity index is 1.48. The molecule has 3 rings (SSSR count). The molecule has 128 valence electrons. The molecule has 2 aromatic rings. The number of aromatic nitrogens is 3. The first-order valence-corrected chi connectivity index (χ1v) is 8.74. The summed E-state index contributed by atoms with van der Waals surface area (Å²) in [6, 6.07) is 3.30. The molecule has 1 unspecified atom stereocenters. The fourth-order valence-electron chi connectivity index (χ4n) is 2.62. The van der Waals surface area contributed by atoms with Gasteiger partial charge in [-0.05, 0) is 31.9 Å². The SMILES string of the molecule is Cc1nc(SCC(=O)NC2CCCN(C(=O)c3ccco3)C2)n[nH]1. The zero-order valence-electron chi connectivity index (χ0n) is 13.3. The van der Waals surface area contributed by atoms with Crippen molar-refractivity contribution in [1.29, 1.82) is 0 Å². The Bertz CT molecular complexity index is 700. The van der Waals surface area contributed by atoms with E-state index in [9.17, 15) is 9.59 Å². The Morgan fingerprint density at radius 3 is 3.12 bits per heavy atom. The minimum Gasteiger partial charge on any atom is -0.459 e. The van der Waals surface area contributed by atoms with Crippen molar-refractivity contribution in [2.24, 2.45) is 0 Å². The summed E-state index contributed by atoms with van der Waals surface area (Å²) in [7, 11) is 0. The number of thioether (sulfide) groups is 1. The first kappa shape index (κ1) is 16.6. The molecule has 0 saturated carbocycles. The van der Waals surface area contributed by atoms with Crippen molar-refractivity contribution in [1.82, 2.24) is 25.4 Å². The standard InChI is InChI=1S/C15H19N5O3S/c1-10-16-15(19-18-10)24-9-13(21)17-11-4-2-6-20(8-11)14(22)12-5-3-7-23-12/h3,5,7,11H,2,4,6,8-9H2,1H3,(H,17,21)(H,16,18,19). The van der Waals surface area contributed by atoms with Gasteiger partial charge in [0.2, 0.25) is 11.1 Å². The molecule has 0 radical (unpaired) electrons. The lowest BCUT2D eigenvalue weighted by Crippen LogP contribution is -2.50. The van der Waals surface area contributed by atoms with E-state index in [-0.39, 0.29) is 23.6 Å².